The summed E-state index contributed by atoms with van der Waals surface area (Å²) >= 11 is 0. The van der Waals surface area contributed by atoms with Gasteiger partial charge in [-0.05, 0) is 37.3 Å². The molecule has 3 rings (SSSR count). The Morgan fingerprint density at radius 1 is 1.19 bits per heavy atom. The number of cyclic esters (lactones) is 1. The van der Waals surface area contributed by atoms with Gasteiger partial charge in [-0.15, -0.1) is 0 Å². The first-order valence-electron chi connectivity index (χ1n) is 12.1. The fourth-order valence-electron chi connectivity index (χ4n) is 4.50. The molecule has 0 spiro atoms. The SMILES string of the molecule is CCO[C@@H]1OC(=O)C[C@@H]1NC(=O)[C@@H]1CCCN1C(=O)[C@@H](NC(=O)c1ccccc1C(F)(F)F)C(C)(C)C. The molecule has 2 N–H and O–H groups in total. The summed E-state index contributed by atoms with van der Waals surface area (Å²) in [4.78, 5) is 52.7. The Balaban J connectivity index is 1.78. The Morgan fingerprint density at radius 2 is 1.86 bits per heavy atom. The van der Waals surface area contributed by atoms with Crippen molar-refractivity contribution in [2.75, 3.05) is 13.2 Å². The molecule has 0 saturated carbocycles. The number of nitrogens with zero attached hydrogens (tertiary/aromatic N) is 1. The van der Waals surface area contributed by atoms with Crippen LogP contribution in [0.3, 0.4) is 0 Å². The molecule has 37 heavy (non-hydrogen) atoms. The number of esters is 1. The molecule has 4 atom stereocenters. The van der Waals surface area contributed by atoms with E-state index in [4.69, 9.17) is 9.47 Å². The van der Waals surface area contributed by atoms with Crippen molar-refractivity contribution in [2.24, 2.45) is 5.41 Å². The highest BCUT2D eigenvalue weighted by molar-refractivity contribution is 6.00. The summed E-state index contributed by atoms with van der Waals surface area (Å²) in [6, 6.07) is 1.54. The summed E-state index contributed by atoms with van der Waals surface area (Å²) in [7, 11) is 0. The van der Waals surface area contributed by atoms with Crippen LogP contribution < -0.4 is 10.6 Å². The first kappa shape index (κ1) is 28.4. The second-order valence-electron chi connectivity index (χ2n) is 10.1. The maximum absolute atomic E-state index is 13.6. The number of halogens is 3. The van der Waals surface area contributed by atoms with E-state index in [1.165, 1.54) is 17.0 Å². The summed E-state index contributed by atoms with van der Waals surface area (Å²) in [5, 5.41) is 5.20. The predicted molar refractivity (Wildman–Crippen MR) is 125 cm³/mol. The molecule has 2 heterocycles. The fraction of sp³-hybridized carbons (Fsp3) is 0.600. The number of carbonyl (C=O) groups excluding carboxylic acids is 4. The van der Waals surface area contributed by atoms with Gasteiger partial charge in [-0.3, -0.25) is 19.2 Å². The van der Waals surface area contributed by atoms with Crippen LogP contribution in [0, 0.1) is 5.41 Å². The minimum Gasteiger partial charge on any atom is -0.433 e. The van der Waals surface area contributed by atoms with E-state index in [0.717, 1.165) is 12.1 Å². The maximum atomic E-state index is 13.6. The van der Waals surface area contributed by atoms with E-state index < -0.39 is 70.8 Å². The largest absolute Gasteiger partial charge is 0.433 e. The van der Waals surface area contributed by atoms with Crippen LogP contribution in [0.25, 0.3) is 0 Å². The number of hydrogen-bond donors (Lipinski definition) is 2. The monoisotopic (exact) mass is 527 g/mol. The van der Waals surface area contributed by atoms with Gasteiger partial charge in [0.15, 0.2) is 0 Å². The lowest BCUT2D eigenvalue weighted by Crippen LogP contribution is -2.58. The van der Waals surface area contributed by atoms with E-state index >= 15 is 0 Å². The van der Waals surface area contributed by atoms with Crippen LogP contribution in [0.15, 0.2) is 24.3 Å². The van der Waals surface area contributed by atoms with Crippen molar-refractivity contribution >= 4 is 23.7 Å². The van der Waals surface area contributed by atoms with E-state index in [2.05, 4.69) is 10.6 Å². The molecule has 12 heteroatoms. The van der Waals surface area contributed by atoms with E-state index in [1.807, 2.05) is 0 Å². The van der Waals surface area contributed by atoms with Gasteiger partial charge in [0.05, 0.1) is 17.5 Å². The van der Waals surface area contributed by atoms with Gasteiger partial charge in [-0.25, -0.2) is 0 Å². The predicted octanol–water partition coefficient (Wildman–Crippen LogP) is 2.64. The molecule has 1 aromatic rings. The van der Waals surface area contributed by atoms with Gasteiger partial charge in [0, 0.05) is 13.2 Å². The van der Waals surface area contributed by atoms with Gasteiger partial charge < -0.3 is 25.0 Å². The Hall–Kier alpha value is -3.15. The number of likely N-dealkylation sites (tertiary alicyclic amines) is 1. The standard InChI is InChI=1S/C25H32F3N3O6/c1-5-36-23-16(13-18(32)37-23)29-21(34)17-11-8-12-31(17)22(35)19(24(2,3)4)30-20(33)14-9-6-7-10-15(14)25(26,27)28/h6-7,9-10,16-17,19,23H,5,8,11-13H2,1-4H3,(H,29,34)(H,30,33)/t16-,17-,19+,23+/m0/s1. The smallest absolute Gasteiger partial charge is 0.417 e. The van der Waals surface area contributed by atoms with Crippen LogP contribution in [-0.4, -0.2) is 66.2 Å². The number of nitrogens with one attached hydrogen (secondary N) is 2. The number of hydrogen-bond acceptors (Lipinski definition) is 6. The van der Waals surface area contributed by atoms with E-state index in [1.54, 1.807) is 27.7 Å². The Morgan fingerprint density at radius 3 is 2.49 bits per heavy atom. The van der Waals surface area contributed by atoms with Crippen molar-refractivity contribution in [1.82, 2.24) is 15.5 Å². The van der Waals surface area contributed by atoms with Crippen LogP contribution >= 0.6 is 0 Å². The van der Waals surface area contributed by atoms with Crippen molar-refractivity contribution in [2.45, 2.75) is 77.5 Å². The van der Waals surface area contributed by atoms with Crippen LogP contribution in [0.4, 0.5) is 13.2 Å². The molecule has 1 aromatic carbocycles. The first-order valence-corrected chi connectivity index (χ1v) is 12.1. The number of alkyl halides is 3. The lowest BCUT2D eigenvalue weighted by molar-refractivity contribution is -0.164. The van der Waals surface area contributed by atoms with Gasteiger partial charge in [0.25, 0.3) is 5.91 Å². The summed E-state index contributed by atoms with van der Waals surface area (Å²) in [5.41, 5.74) is -2.58. The molecule has 2 fully saturated rings. The van der Waals surface area contributed by atoms with Crippen LogP contribution in [0.5, 0.6) is 0 Å². The van der Waals surface area contributed by atoms with E-state index in [9.17, 15) is 32.3 Å². The molecule has 0 aliphatic carbocycles. The Kier molecular flexibility index (Phi) is 8.51. The van der Waals surface area contributed by atoms with Gasteiger partial charge in [0.2, 0.25) is 18.1 Å². The lowest BCUT2D eigenvalue weighted by Gasteiger charge is -2.35. The third-order valence-electron chi connectivity index (χ3n) is 6.33. The zero-order valence-corrected chi connectivity index (χ0v) is 21.2. The fourth-order valence-corrected chi connectivity index (χ4v) is 4.50. The molecular weight excluding hydrogens is 495 g/mol. The average Bonchev–Trinajstić information content (AvgIpc) is 3.42. The summed E-state index contributed by atoms with van der Waals surface area (Å²) in [6.45, 7) is 7.23. The molecule has 0 aromatic heterocycles. The van der Waals surface area contributed by atoms with E-state index in [-0.39, 0.29) is 19.6 Å². The summed E-state index contributed by atoms with van der Waals surface area (Å²) in [5.74, 6) is -2.64. The molecule has 2 saturated heterocycles. The summed E-state index contributed by atoms with van der Waals surface area (Å²) in [6.07, 6.45) is -4.89. The normalized spacial score (nSPS) is 22.9. The Bertz CT molecular complexity index is 1040. The molecule has 204 valence electrons. The molecular formula is C25H32F3N3O6. The number of ether oxygens (including phenoxy) is 2. The van der Waals surface area contributed by atoms with Crippen molar-refractivity contribution in [3.05, 3.63) is 35.4 Å². The number of carbonyl (C=O) groups is 4. The minimum absolute atomic E-state index is 0.0731. The molecule has 0 unspecified atom stereocenters. The highest BCUT2D eigenvalue weighted by Crippen LogP contribution is 2.32. The second kappa shape index (κ2) is 11.1. The molecule has 2 aliphatic heterocycles. The zero-order valence-electron chi connectivity index (χ0n) is 21.2. The Labute approximate surface area is 213 Å². The van der Waals surface area contributed by atoms with Gasteiger partial charge in [-0.1, -0.05) is 32.9 Å². The quantitative estimate of drug-likeness (QED) is 0.527. The molecule has 2 aliphatic rings. The number of benzene rings is 1. The van der Waals surface area contributed by atoms with Crippen LogP contribution in [0.1, 0.15) is 62.9 Å². The van der Waals surface area contributed by atoms with Gasteiger partial charge >= 0.3 is 12.1 Å². The third kappa shape index (κ3) is 6.60. The number of amides is 3. The zero-order chi connectivity index (χ0) is 27.5. The van der Waals surface area contributed by atoms with Crippen molar-refractivity contribution < 1.29 is 41.8 Å². The second-order valence-corrected chi connectivity index (χ2v) is 10.1. The highest BCUT2D eigenvalue weighted by atomic mass is 19.4. The third-order valence-corrected chi connectivity index (χ3v) is 6.33. The molecule has 0 bridgehead atoms. The van der Waals surface area contributed by atoms with Crippen molar-refractivity contribution in [3.8, 4) is 0 Å². The van der Waals surface area contributed by atoms with Gasteiger partial charge in [0.1, 0.15) is 18.1 Å². The molecule has 9 nitrogen and oxygen atoms in total. The topological polar surface area (TPSA) is 114 Å². The lowest BCUT2D eigenvalue weighted by atomic mass is 9.85. The number of rotatable bonds is 7. The van der Waals surface area contributed by atoms with E-state index in [0.29, 0.717) is 12.8 Å². The van der Waals surface area contributed by atoms with Crippen LogP contribution in [-0.2, 0) is 30.0 Å². The summed E-state index contributed by atoms with van der Waals surface area (Å²) < 4.78 is 50.8. The molecule has 0 radical (unpaired) electrons. The van der Waals surface area contributed by atoms with Crippen molar-refractivity contribution in [3.63, 3.8) is 0 Å². The highest BCUT2D eigenvalue weighted by Gasteiger charge is 2.44. The first-order chi connectivity index (χ1) is 17.2. The average molecular weight is 528 g/mol. The molecule has 3 amide bonds. The minimum atomic E-state index is -4.75. The van der Waals surface area contributed by atoms with Crippen molar-refractivity contribution in [1.29, 1.82) is 0 Å². The van der Waals surface area contributed by atoms with Gasteiger partial charge in [-0.2, -0.15) is 13.2 Å². The maximum Gasteiger partial charge on any atom is 0.417 e. The van der Waals surface area contributed by atoms with Crippen LogP contribution in [0.2, 0.25) is 0 Å².